The quantitative estimate of drug-likeness (QED) is 0.505. The topological polar surface area (TPSA) is 0 Å². The van der Waals surface area contributed by atoms with Gasteiger partial charge in [0, 0.05) is 0 Å². The maximum atomic E-state index is 3.39. The first kappa shape index (κ1) is 15.2. The minimum Gasteiger partial charge on any atom is -1.00 e. The predicted molar refractivity (Wildman–Crippen MR) is 67.7 cm³/mol. The standard InChI is InChI=1S/C8H13Ge.C5H5.Ti.2H/c1-9(2,3)8-6-4-5-7-8;1-2-4-5-3-1;;;/h4,6H,5H2,1-3H3;1-3H,4H2;;;/q2*-1;+2;2*-1. The normalized spacial score (nSPS) is 16.9. The molecule has 2 aliphatic rings. The molecule has 2 rings (SSSR count). The summed E-state index contributed by atoms with van der Waals surface area (Å²) in [5, 5.41) is 0. The molecule has 0 heterocycles. The van der Waals surface area contributed by atoms with E-state index >= 15 is 0 Å². The molecule has 0 nitrogen and oxygen atoms in total. The van der Waals surface area contributed by atoms with Crippen LogP contribution < -0.4 is 0 Å². The Morgan fingerprint density at radius 2 is 1.93 bits per heavy atom. The molecular formula is C13H20GeTi-2. The van der Waals surface area contributed by atoms with Crippen molar-refractivity contribution in [3.63, 3.8) is 0 Å². The molecule has 0 fully saturated rings. The van der Waals surface area contributed by atoms with E-state index in [1.807, 2.05) is 12.2 Å². The van der Waals surface area contributed by atoms with Crippen molar-refractivity contribution in [1.82, 2.24) is 0 Å². The number of hydrogen-bond donors (Lipinski definition) is 0. The maximum Gasteiger partial charge on any atom is 2.00 e. The summed E-state index contributed by atoms with van der Waals surface area (Å²) in [5.41, 5.74) is 0. The zero-order valence-corrected chi connectivity index (χ0v) is 13.5. The summed E-state index contributed by atoms with van der Waals surface area (Å²) in [6.45, 7) is 0. The zero-order chi connectivity index (χ0) is 10.4. The van der Waals surface area contributed by atoms with Crippen LogP contribution in [-0.2, 0) is 21.7 Å². The van der Waals surface area contributed by atoms with Crippen LogP contribution in [-0.4, -0.2) is 13.3 Å². The van der Waals surface area contributed by atoms with E-state index in [1.54, 1.807) is 0 Å². The van der Waals surface area contributed by atoms with Crippen molar-refractivity contribution in [1.29, 1.82) is 0 Å². The SMILES string of the molecule is [C-]1=CC=CC1.[CH3][Ge]([CH3])([CH3])[C]1=[C-]CC=C1.[H-].[H-].[Ti+2]. The summed E-state index contributed by atoms with van der Waals surface area (Å²) in [7, 11) is 0. The van der Waals surface area contributed by atoms with E-state index in [-0.39, 0.29) is 24.6 Å². The molecule has 0 aromatic rings. The zero-order valence-electron chi connectivity index (χ0n) is 11.8. The number of rotatable bonds is 1. The van der Waals surface area contributed by atoms with Crippen LogP contribution in [0.3, 0.4) is 0 Å². The average Bonchev–Trinajstić information content (AvgIpc) is 2.80. The Hall–Kier alpha value is 0.217. The van der Waals surface area contributed by atoms with Crippen molar-refractivity contribution in [2.45, 2.75) is 30.1 Å². The minimum atomic E-state index is -1.46. The fraction of sp³-hybridized carbons (Fsp3) is 0.385. The second kappa shape index (κ2) is 7.48. The molecule has 0 radical (unpaired) electrons. The Morgan fingerprint density at radius 1 is 1.20 bits per heavy atom. The van der Waals surface area contributed by atoms with E-state index in [0.29, 0.717) is 0 Å². The number of hydrogen-bond acceptors (Lipinski definition) is 0. The molecule has 0 unspecified atom stereocenters. The third-order valence-corrected chi connectivity index (χ3v) is 6.20. The summed E-state index contributed by atoms with van der Waals surface area (Å²) in [5.74, 6) is 7.20. The molecule has 0 N–H and O–H groups in total. The molecule has 15 heavy (non-hydrogen) atoms. The Labute approximate surface area is 114 Å². The fourth-order valence-corrected chi connectivity index (χ4v) is 3.88. The molecule has 0 aliphatic heterocycles. The van der Waals surface area contributed by atoms with Crippen LogP contribution in [0.1, 0.15) is 15.7 Å². The third-order valence-electron chi connectivity index (χ3n) is 2.09. The second-order valence-corrected chi connectivity index (χ2v) is 15.0. The van der Waals surface area contributed by atoms with Gasteiger partial charge in [0.2, 0.25) is 0 Å². The average molecular weight is 297 g/mol. The molecule has 2 aliphatic carbocycles. The van der Waals surface area contributed by atoms with Gasteiger partial charge in [0.15, 0.2) is 0 Å². The van der Waals surface area contributed by atoms with Crippen LogP contribution in [0.2, 0.25) is 17.3 Å². The molecule has 0 saturated carbocycles. The largest absolute Gasteiger partial charge is 2.00 e. The van der Waals surface area contributed by atoms with Gasteiger partial charge in [-0.05, 0) is 0 Å². The van der Waals surface area contributed by atoms with Gasteiger partial charge in [-0.25, -0.2) is 12.2 Å². The smallest absolute Gasteiger partial charge is 1.00 e. The molecule has 0 aromatic heterocycles. The van der Waals surface area contributed by atoms with Gasteiger partial charge in [0.1, 0.15) is 0 Å². The molecule has 0 aromatic carbocycles. The van der Waals surface area contributed by atoms with Crippen LogP contribution >= 0.6 is 0 Å². The second-order valence-electron chi connectivity index (χ2n) is 4.45. The molecule has 2 heteroatoms. The predicted octanol–water partition coefficient (Wildman–Crippen LogP) is 4.08. The van der Waals surface area contributed by atoms with Gasteiger partial charge in [-0.1, -0.05) is 0 Å². The summed E-state index contributed by atoms with van der Waals surface area (Å²) in [6, 6.07) is 0. The van der Waals surface area contributed by atoms with E-state index in [0.717, 1.165) is 12.8 Å². The van der Waals surface area contributed by atoms with Gasteiger partial charge in [0.25, 0.3) is 0 Å². The first-order valence-corrected chi connectivity index (χ1v) is 12.4. The molecule has 0 atom stereocenters. The van der Waals surface area contributed by atoms with Crippen molar-refractivity contribution >= 4 is 13.3 Å². The minimum absolute atomic E-state index is 0. The van der Waals surface area contributed by atoms with Gasteiger partial charge in [0.05, 0.1) is 0 Å². The van der Waals surface area contributed by atoms with Gasteiger partial charge < -0.3 is 2.85 Å². The van der Waals surface area contributed by atoms with Crippen molar-refractivity contribution < 1.29 is 24.6 Å². The number of allylic oxidation sites excluding steroid dienone is 8. The molecule has 0 spiro atoms. The summed E-state index contributed by atoms with van der Waals surface area (Å²) in [4.78, 5) is 0. The molecule has 0 amide bonds. The summed E-state index contributed by atoms with van der Waals surface area (Å²) in [6.07, 6.45) is 18.9. The molecular weight excluding hydrogens is 277 g/mol. The van der Waals surface area contributed by atoms with Crippen molar-refractivity contribution in [3.05, 3.63) is 46.9 Å². The van der Waals surface area contributed by atoms with E-state index in [1.165, 1.54) is 4.41 Å². The molecule has 0 saturated heterocycles. The molecule has 82 valence electrons. The van der Waals surface area contributed by atoms with Crippen LogP contribution in [0.25, 0.3) is 0 Å². The van der Waals surface area contributed by atoms with E-state index in [9.17, 15) is 0 Å². The van der Waals surface area contributed by atoms with Crippen LogP contribution in [0, 0.1) is 12.2 Å². The monoisotopic (exact) mass is 298 g/mol. The first-order chi connectivity index (χ1) is 6.61. The Bertz CT molecular complexity index is 289. The van der Waals surface area contributed by atoms with Gasteiger partial charge in [-0.2, -0.15) is 6.08 Å². The Kier molecular flexibility index (Phi) is 7.59. The Balaban J connectivity index is -0.000000216. The van der Waals surface area contributed by atoms with Gasteiger partial charge in [-0.15, -0.1) is 6.42 Å². The van der Waals surface area contributed by atoms with Gasteiger partial charge >= 0.3 is 81.3 Å². The third kappa shape index (κ3) is 6.39. The van der Waals surface area contributed by atoms with Gasteiger partial charge in [-0.3, -0.25) is 6.08 Å². The van der Waals surface area contributed by atoms with E-state index in [2.05, 4.69) is 47.6 Å². The maximum absolute atomic E-state index is 3.39. The van der Waals surface area contributed by atoms with Crippen molar-refractivity contribution in [2.24, 2.45) is 0 Å². The van der Waals surface area contributed by atoms with Crippen LogP contribution in [0.4, 0.5) is 0 Å². The van der Waals surface area contributed by atoms with Crippen LogP contribution in [0.15, 0.2) is 34.8 Å². The summed E-state index contributed by atoms with van der Waals surface area (Å²) >= 11 is -1.46. The fourth-order valence-electron chi connectivity index (χ4n) is 1.26. The molecule has 0 bridgehead atoms. The van der Waals surface area contributed by atoms with Crippen molar-refractivity contribution in [3.8, 4) is 0 Å². The first-order valence-electron chi connectivity index (χ1n) is 5.10. The van der Waals surface area contributed by atoms with E-state index in [4.69, 9.17) is 0 Å². The van der Waals surface area contributed by atoms with E-state index < -0.39 is 13.3 Å². The Morgan fingerprint density at radius 3 is 2.13 bits per heavy atom. The summed E-state index contributed by atoms with van der Waals surface area (Å²) < 4.78 is 1.54. The van der Waals surface area contributed by atoms with Crippen molar-refractivity contribution in [2.75, 3.05) is 0 Å². The van der Waals surface area contributed by atoms with Crippen LogP contribution in [0.5, 0.6) is 0 Å².